The predicted molar refractivity (Wildman–Crippen MR) is 181 cm³/mol. The lowest BCUT2D eigenvalue weighted by molar-refractivity contribution is 0.836. The van der Waals surface area contributed by atoms with Crippen molar-refractivity contribution in [2.45, 2.75) is 44.8 Å². The highest BCUT2D eigenvalue weighted by Crippen LogP contribution is 2.54. The van der Waals surface area contributed by atoms with Crippen LogP contribution in [0, 0.1) is 0 Å². The lowest BCUT2D eigenvalue weighted by Gasteiger charge is -2.15. The van der Waals surface area contributed by atoms with Gasteiger partial charge in [-0.25, -0.2) is 0 Å². The highest BCUT2D eigenvalue weighted by atomic mass is 14.9. The molecule has 1 radical (unpaired) electrons. The summed E-state index contributed by atoms with van der Waals surface area (Å²) in [7, 11) is 2.51. The Kier molecular flexibility index (Phi) is 5.82. The molecule has 1 nitrogen and oxygen atoms in total. The van der Waals surface area contributed by atoms with Crippen molar-refractivity contribution in [1.29, 1.82) is 0 Å². The number of benzene rings is 4. The summed E-state index contributed by atoms with van der Waals surface area (Å²) < 4.78 is 2.57. The van der Waals surface area contributed by atoms with Crippen LogP contribution >= 0.6 is 0 Å². The molecule has 1 aromatic heterocycles. The van der Waals surface area contributed by atoms with Crippen molar-refractivity contribution in [3.8, 4) is 22.4 Å². The highest BCUT2D eigenvalue weighted by Gasteiger charge is 2.36. The molecule has 1 aliphatic heterocycles. The second kappa shape index (κ2) is 10.0. The van der Waals surface area contributed by atoms with Gasteiger partial charge < -0.3 is 4.48 Å². The van der Waals surface area contributed by atoms with Gasteiger partial charge in [0.15, 0.2) is 0 Å². The SMILES string of the molecule is [B]1CC2=C3C(=C(c4ccccc4)C2=Cc2c(-c4ccccc4)c4c(n21)-c1ccccc1CCC4)CCCc1ccccc13. The van der Waals surface area contributed by atoms with Crippen molar-refractivity contribution >= 4 is 24.6 Å². The van der Waals surface area contributed by atoms with Gasteiger partial charge in [0.2, 0.25) is 0 Å². The summed E-state index contributed by atoms with van der Waals surface area (Å²) in [5.74, 6) is 0. The fourth-order valence-electron chi connectivity index (χ4n) is 8.27. The molecular weight excluding hydrogens is 517 g/mol. The number of aryl methyl sites for hydroxylation is 2. The maximum Gasteiger partial charge on any atom is 0.257 e. The number of aromatic nitrogens is 1. The Labute approximate surface area is 255 Å². The minimum absolute atomic E-state index is 0.917. The molecule has 4 aliphatic rings. The van der Waals surface area contributed by atoms with Crippen LogP contribution in [-0.4, -0.2) is 11.9 Å². The maximum atomic E-state index is 2.57. The number of allylic oxidation sites excluding steroid dienone is 5. The number of nitrogens with zero attached hydrogens (tertiary/aromatic N) is 1. The van der Waals surface area contributed by atoms with Gasteiger partial charge in [0.25, 0.3) is 7.41 Å². The van der Waals surface area contributed by atoms with Crippen molar-refractivity contribution < 1.29 is 0 Å². The molecule has 2 heteroatoms. The van der Waals surface area contributed by atoms with Gasteiger partial charge in [0, 0.05) is 22.5 Å². The molecule has 0 spiro atoms. The van der Waals surface area contributed by atoms with Crippen molar-refractivity contribution in [1.82, 2.24) is 4.48 Å². The summed E-state index contributed by atoms with van der Waals surface area (Å²) in [5, 5.41) is 0. The van der Waals surface area contributed by atoms with Crippen molar-refractivity contribution in [3.05, 3.63) is 159 Å². The summed E-state index contributed by atoms with van der Waals surface area (Å²) in [6, 6.07) is 40.6. The first kappa shape index (κ1) is 25.0. The van der Waals surface area contributed by atoms with E-state index in [9.17, 15) is 0 Å². The van der Waals surface area contributed by atoms with Crippen LogP contribution in [0.1, 0.15) is 52.8 Å². The molecule has 205 valence electrons. The molecule has 4 aromatic carbocycles. The van der Waals surface area contributed by atoms with Crippen LogP contribution in [0.5, 0.6) is 0 Å². The average Bonchev–Trinajstić information content (AvgIpc) is 3.23. The minimum atomic E-state index is 0.917. The molecule has 0 N–H and O–H groups in total. The summed E-state index contributed by atoms with van der Waals surface area (Å²) in [4.78, 5) is 0. The van der Waals surface area contributed by atoms with Crippen LogP contribution in [0.2, 0.25) is 6.32 Å². The highest BCUT2D eigenvalue weighted by molar-refractivity contribution is 6.39. The van der Waals surface area contributed by atoms with E-state index in [4.69, 9.17) is 0 Å². The van der Waals surface area contributed by atoms with Gasteiger partial charge in [0.1, 0.15) is 0 Å². The number of hydrogen-bond donors (Lipinski definition) is 0. The summed E-state index contributed by atoms with van der Waals surface area (Å²) in [6.07, 6.45) is 10.3. The Morgan fingerprint density at radius 3 is 1.93 bits per heavy atom. The molecule has 0 bridgehead atoms. The molecule has 0 amide bonds. The minimum Gasteiger partial charge on any atom is -0.389 e. The first-order chi connectivity index (χ1) is 21.4. The lowest BCUT2D eigenvalue weighted by atomic mass is 9.79. The fraction of sp³-hybridized carbons (Fsp3) is 0.171. The van der Waals surface area contributed by atoms with Crippen LogP contribution in [0.15, 0.2) is 126 Å². The summed E-state index contributed by atoms with van der Waals surface area (Å²) >= 11 is 0. The molecule has 0 saturated heterocycles. The van der Waals surface area contributed by atoms with Crippen LogP contribution in [0.4, 0.5) is 0 Å². The van der Waals surface area contributed by atoms with Gasteiger partial charge in [-0.3, -0.25) is 0 Å². The van der Waals surface area contributed by atoms with Crippen LogP contribution < -0.4 is 0 Å². The Bertz CT molecular complexity index is 2000. The third-order valence-electron chi connectivity index (χ3n) is 10.0. The monoisotopic (exact) mass is 550 g/mol. The first-order valence-electron chi connectivity index (χ1n) is 15.9. The lowest BCUT2D eigenvalue weighted by Crippen LogP contribution is -2.10. The molecule has 0 fully saturated rings. The van der Waals surface area contributed by atoms with E-state index < -0.39 is 0 Å². The van der Waals surface area contributed by atoms with E-state index in [1.54, 1.807) is 5.57 Å². The predicted octanol–water partition coefficient (Wildman–Crippen LogP) is 9.85. The maximum absolute atomic E-state index is 2.57. The third kappa shape index (κ3) is 3.86. The van der Waals surface area contributed by atoms with Gasteiger partial charge in [0.05, 0.1) is 0 Å². The van der Waals surface area contributed by atoms with E-state index in [1.165, 1.54) is 91.0 Å². The average molecular weight is 551 g/mol. The van der Waals surface area contributed by atoms with Gasteiger partial charge >= 0.3 is 0 Å². The number of hydrogen-bond acceptors (Lipinski definition) is 0. The molecule has 0 unspecified atom stereocenters. The molecule has 2 heterocycles. The van der Waals surface area contributed by atoms with Crippen molar-refractivity contribution in [2.24, 2.45) is 0 Å². The van der Waals surface area contributed by atoms with Gasteiger partial charge in [-0.05, 0) is 112 Å². The van der Waals surface area contributed by atoms with Crippen molar-refractivity contribution in [3.63, 3.8) is 0 Å². The Morgan fingerprint density at radius 1 is 0.535 bits per heavy atom. The van der Waals surface area contributed by atoms with E-state index in [2.05, 4.69) is 127 Å². The quantitative estimate of drug-likeness (QED) is 0.193. The zero-order valence-corrected chi connectivity index (χ0v) is 24.4. The third-order valence-corrected chi connectivity index (χ3v) is 10.0. The normalized spacial score (nSPS) is 16.8. The zero-order valence-electron chi connectivity index (χ0n) is 24.4. The molecule has 5 aromatic rings. The number of fused-ring (bicyclic) bond motifs is 9. The fourth-order valence-corrected chi connectivity index (χ4v) is 8.27. The van der Waals surface area contributed by atoms with E-state index in [-0.39, 0.29) is 0 Å². The first-order valence-corrected chi connectivity index (χ1v) is 15.9. The second-order valence-corrected chi connectivity index (χ2v) is 12.4. The Morgan fingerprint density at radius 2 is 1.16 bits per heavy atom. The van der Waals surface area contributed by atoms with Crippen LogP contribution in [0.25, 0.3) is 39.6 Å². The number of rotatable bonds is 2. The summed E-state index contributed by atoms with van der Waals surface area (Å²) in [5.41, 5.74) is 21.5. The van der Waals surface area contributed by atoms with Gasteiger partial charge in [-0.2, -0.15) is 0 Å². The second-order valence-electron chi connectivity index (χ2n) is 12.4. The molecule has 9 rings (SSSR count). The summed E-state index contributed by atoms with van der Waals surface area (Å²) in [6.45, 7) is 0. The topological polar surface area (TPSA) is 4.93 Å². The molecule has 0 saturated carbocycles. The van der Waals surface area contributed by atoms with E-state index >= 15 is 0 Å². The van der Waals surface area contributed by atoms with E-state index in [1.807, 2.05) is 0 Å². The van der Waals surface area contributed by atoms with E-state index in [0.29, 0.717) is 0 Å². The van der Waals surface area contributed by atoms with Gasteiger partial charge in [-0.15, -0.1) is 0 Å². The van der Waals surface area contributed by atoms with Crippen molar-refractivity contribution in [2.75, 3.05) is 0 Å². The zero-order chi connectivity index (χ0) is 28.3. The standard InChI is InChI=1S/C41H33BN/c1-3-15-29(16-4-1)38-33-23-11-19-27-13-7-9-21-31(27)40(33)36-26-42-43-37(25-35(36)38)39(30-17-5-2-6-18-30)34-24-12-20-28-14-8-10-22-32(28)41(34)43/h1-10,13-18,21-22,25H,11-12,19-20,23-24,26H2. The van der Waals surface area contributed by atoms with Gasteiger partial charge in [-0.1, -0.05) is 109 Å². The van der Waals surface area contributed by atoms with Crippen LogP contribution in [-0.2, 0) is 19.3 Å². The van der Waals surface area contributed by atoms with Crippen LogP contribution in [0.3, 0.4) is 0 Å². The molecule has 0 atom stereocenters. The molecule has 3 aliphatic carbocycles. The molecular formula is C41H33BN. The largest absolute Gasteiger partial charge is 0.389 e. The molecule has 43 heavy (non-hydrogen) atoms. The van der Waals surface area contributed by atoms with E-state index in [0.717, 1.165) is 32.0 Å². The Balaban J connectivity index is 1.38. The smallest absolute Gasteiger partial charge is 0.257 e. The Hall–Kier alpha value is -4.56.